The van der Waals surface area contributed by atoms with Crippen LogP contribution >= 0.6 is 22.9 Å². The number of amides is 1. The van der Waals surface area contributed by atoms with Crippen molar-refractivity contribution in [2.24, 2.45) is 5.92 Å². The first kappa shape index (κ1) is 21.8. The summed E-state index contributed by atoms with van der Waals surface area (Å²) in [6.45, 7) is 2.89. The van der Waals surface area contributed by atoms with E-state index in [1.807, 2.05) is 30.5 Å². The van der Waals surface area contributed by atoms with E-state index in [-0.39, 0.29) is 30.1 Å². The molecule has 0 fully saturated rings. The molecule has 5 nitrogen and oxygen atoms in total. The molecule has 3 atom stereocenters. The van der Waals surface area contributed by atoms with E-state index in [9.17, 15) is 9.90 Å². The largest absolute Gasteiger partial charge is 0.459 e. The lowest BCUT2D eigenvalue weighted by Crippen LogP contribution is -2.38. The summed E-state index contributed by atoms with van der Waals surface area (Å²) in [5.74, 6) is 0.0262. The van der Waals surface area contributed by atoms with Crippen LogP contribution in [0.1, 0.15) is 36.8 Å². The van der Waals surface area contributed by atoms with Gasteiger partial charge in [0, 0.05) is 36.6 Å². The summed E-state index contributed by atoms with van der Waals surface area (Å²) in [6, 6.07) is 9.41. The Morgan fingerprint density at radius 2 is 2.10 bits per heavy atom. The van der Waals surface area contributed by atoms with Crippen molar-refractivity contribution in [2.75, 3.05) is 13.2 Å². The molecule has 1 aliphatic heterocycles. The fraction of sp³-hybridized carbons (Fsp3) is 0.409. The van der Waals surface area contributed by atoms with Gasteiger partial charge in [-0.1, -0.05) is 23.7 Å². The van der Waals surface area contributed by atoms with Gasteiger partial charge in [0.1, 0.15) is 0 Å². The van der Waals surface area contributed by atoms with E-state index in [2.05, 4.69) is 16.8 Å². The van der Waals surface area contributed by atoms with Crippen LogP contribution in [0.4, 0.5) is 0 Å². The fourth-order valence-corrected chi connectivity index (χ4v) is 4.31. The van der Waals surface area contributed by atoms with Crippen LogP contribution < -0.4 is 5.32 Å². The molecule has 2 N–H and O–H groups in total. The Kier molecular flexibility index (Phi) is 8.12. The van der Waals surface area contributed by atoms with Crippen molar-refractivity contribution in [2.45, 2.75) is 38.5 Å². The summed E-state index contributed by atoms with van der Waals surface area (Å²) in [5.41, 5.74) is 2.09. The zero-order valence-electron chi connectivity index (χ0n) is 16.3. The molecule has 29 heavy (non-hydrogen) atoms. The number of halogens is 1. The summed E-state index contributed by atoms with van der Waals surface area (Å²) in [7, 11) is 0. The highest BCUT2D eigenvalue weighted by molar-refractivity contribution is 7.08. The molecular formula is C22H26ClNO4S. The van der Waals surface area contributed by atoms with Crippen molar-refractivity contribution in [3.63, 3.8) is 0 Å². The molecule has 2 aromatic rings. The van der Waals surface area contributed by atoms with Crippen molar-refractivity contribution < 1.29 is 19.4 Å². The zero-order chi connectivity index (χ0) is 20.6. The van der Waals surface area contributed by atoms with Crippen molar-refractivity contribution in [1.29, 1.82) is 0 Å². The normalized spacial score (nSPS) is 21.3. The zero-order valence-corrected chi connectivity index (χ0v) is 17.9. The van der Waals surface area contributed by atoms with Gasteiger partial charge in [-0.25, -0.2) is 0 Å². The van der Waals surface area contributed by atoms with Crippen LogP contribution in [-0.2, 0) is 20.8 Å². The number of ether oxygens (including phenoxy) is 2. The number of aliphatic hydroxyl groups excluding tert-OH is 1. The third-order valence-electron chi connectivity index (χ3n) is 4.93. The molecular weight excluding hydrogens is 410 g/mol. The molecule has 2 heterocycles. The number of carbonyl (C=O) groups excluding carboxylic acids is 1. The lowest BCUT2D eigenvalue weighted by Gasteiger charge is -2.36. The van der Waals surface area contributed by atoms with Gasteiger partial charge < -0.3 is 19.9 Å². The van der Waals surface area contributed by atoms with E-state index in [1.54, 1.807) is 23.5 Å². The second kappa shape index (κ2) is 10.8. The highest BCUT2D eigenvalue weighted by Crippen LogP contribution is 2.40. The Labute approximate surface area is 180 Å². The van der Waals surface area contributed by atoms with Gasteiger partial charge in [0.15, 0.2) is 5.76 Å². The third kappa shape index (κ3) is 5.82. The van der Waals surface area contributed by atoms with Crippen molar-refractivity contribution in [3.8, 4) is 0 Å². The molecule has 3 rings (SSSR count). The van der Waals surface area contributed by atoms with Crippen LogP contribution in [0.5, 0.6) is 0 Å². The number of allylic oxidation sites excluding steroid dienone is 1. The third-order valence-corrected chi connectivity index (χ3v) is 5.88. The van der Waals surface area contributed by atoms with Crippen LogP contribution in [0, 0.1) is 5.92 Å². The molecule has 0 saturated carbocycles. The Hall–Kier alpha value is -1.86. The first-order valence-electron chi connectivity index (χ1n) is 9.78. The Balaban J connectivity index is 1.78. The second-order valence-electron chi connectivity index (χ2n) is 6.89. The van der Waals surface area contributed by atoms with Crippen LogP contribution in [0.15, 0.2) is 52.9 Å². The number of rotatable bonds is 9. The first-order chi connectivity index (χ1) is 14.1. The summed E-state index contributed by atoms with van der Waals surface area (Å²) in [6.07, 6.45) is 2.76. The number of benzene rings is 1. The second-order valence-corrected chi connectivity index (χ2v) is 8.11. The molecule has 0 unspecified atom stereocenters. The van der Waals surface area contributed by atoms with Gasteiger partial charge in [-0.2, -0.15) is 11.3 Å². The molecule has 1 aromatic heterocycles. The molecule has 7 heteroatoms. The Morgan fingerprint density at radius 3 is 2.76 bits per heavy atom. The Morgan fingerprint density at radius 1 is 1.31 bits per heavy atom. The number of nitrogens with one attached hydrogen (secondary N) is 1. The van der Waals surface area contributed by atoms with E-state index in [1.165, 1.54) is 0 Å². The minimum atomic E-state index is -0.530. The maximum Gasteiger partial charge on any atom is 0.286 e. The van der Waals surface area contributed by atoms with Crippen LogP contribution in [0.2, 0.25) is 5.02 Å². The lowest BCUT2D eigenvalue weighted by atomic mass is 9.81. The topological polar surface area (TPSA) is 67.8 Å². The number of carbonyl (C=O) groups is 1. The smallest absolute Gasteiger partial charge is 0.286 e. The van der Waals surface area contributed by atoms with E-state index in [0.717, 1.165) is 17.5 Å². The Bertz CT molecular complexity index is 807. The number of hydrogen-bond acceptors (Lipinski definition) is 5. The quantitative estimate of drug-likeness (QED) is 0.609. The van der Waals surface area contributed by atoms with Gasteiger partial charge in [0.2, 0.25) is 6.29 Å². The summed E-state index contributed by atoms with van der Waals surface area (Å²) >= 11 is 7.53. The van der Waals surface area contributed by atoms with Crippen LogP contribution in [0.3, 0.4) is 0 Å². The highest BCUT2D eigenvalue weighted by Gasteiger charge is 2.37. The lowest BCUT2D eigenvalue weighted by molar-refractivity contribution is -0.166. The molecule has 0 saturated heterocycles. The summed E-state index contributed by atoms with van der Waals surface area (Å²) in [4.78, 5) is 12.8. The number of aliphatic hydroxyl groups is 1. The summed E-state index contributed by atoms with van der Waals surface area (Å²) < 4.78 is 11.8. The predicted molar refractivity (Wildman–Crippen MR) is 115 cm³/mol. The molecule has 0 aliphatic carbocycles. The molecule has 1 aliphatic rings. The van der Waals surface area contributed by atoms with Gasteiger partial charge in [-0.15, -0.1) is 0 Å². The van der Waals surface area contributed by atoms with Gasteiger partial charge in [0.05, 0.1) is 0 Å². The minimum absolute atomic E-state index is 0.00520. The SMILES string of the molecule is CCO[C@H]1OC(C(=O)NCc2ccc(Cl)cc2)=C[C@@H](c2ccsc2)[C@H]1CCCO. The minimum Gasteiger partial charge on any atom is -0.459 e. The van der Waals surface area contributed by atoms with Gasteiger partial charge in [0.25, 0.3) is 5.91 Å². The molecule has 0 bridgehead atoms. The number of thiophene rings is 1. The average molecular weight is 436 g/mol. The number of hydrogen-bond donors (Lipinski definition) is 2. The maximum absolute atomic E-state index is 12.8. The molecule has 0 radical (unpaired) electrons. The van der Waals surface area contributed by atoms with Gasteiger partial charge in [-0.3, -0.25) is 4.79 Å². The summed E-state index contributed by atoms with van der Waals surface area (Å²) in [5, 5.41) is 17.0. The van der Waals surface area contributed by atoms with Gasteiger partial charge in [-0.05, 0) is 65.9 Å². The van der Waals surface area contributed by atoms with Crippen LogP contribution in [0.25, 0.3) is 0 Å². The van der Waals surface area contributed by atoms with Crippen LogP contribution in [-0.4, -0.2) is 30.5 Å². The molecule has 156 valence electrons. The van der Waals surface area contributed by atoms with E-state index in [0.29, 0.717) is 24.6 Å². The fourth-order valence-electron chi connectivity index (χ4n) is 3.48. The first-order valence-corrected chi connectivity index (χ1v) is 11.1. The molecule has 1 aromatic carbocycles. The highest BCUT2D eigenvalue weighted by atomic mass is 35.5. The van der Waals surface area contributed by atoms with E-state index >= 15 is 0 Å². The van der Waals surface area contributed by atoms with E-state index < -0.39 is 6.29 Å². The average Bonchev–Trinajstić information content (AvgIpc) is 3.26. The monoisotopic (exact) mass is 435 g/mol. The maximum atomic E-state index is 12.8. The standard InChI is InChI=1S/C22H26ClNO4S/c1-2-27-22-18(4-3-10-25)19(16-9-11-29-14-16)12-20(28-22)21(26)24-13-15-5-7-17(23)8-6-15/h5-9,11-12,14,18-19,22,25H,2-4,10,13H2,1H3,(H,24,26)/t18-,19+,22+/m1/s1. The predicted octanol–water partition coefficient (Wildman–Crippen LogP) is 4.47. The molecule has 1 amide bonds. The van der Waals surface area contributed by atoms with Crippen molar-refractivity contribution in [3.05, 3.63) is 69.1 Å². The van der Waals surface area contributed by atoms with Crippen molar-refractivity contribution >= 4 is 28.8 Å². The molecule has 0 spiro atoms. The van der Waals surface area contributed by atoms with E-state index in [4.69, 9.17) is 21.1 Å². The van der Waals surface area contributed by atoms with Crippen molar-refractivity contribution in [1.82, 2.24) is 5.32 Å². The van der Waals surface area contributed by atoms with Gasteiger partial charge >= 0.3 is 0 Å².